The van der Waals surface area contributed by atoms with Crippen molar-refractivity contribution in [1.29, 1.82) is 0 Å². The minimum Gasteiger partial charge on any atom is -0.491 e. The zero-order valence-corrected chi connectivity index (χ0v) is 16.6. The summed E-state index contributed by atoms with van der Waals surface area (Å²) in [7, 11) is 1.68. The summed E-state index contributed by atoms with van der Waals surface area (Å²) >= 11 is 0. The van der Waals surface area contributed by atoms with Crippen molar-refractivity contribution >= 4 is 35.3 Å². The Hall–Kier alpha value is -2.32. The first kappa shape index (κ1) is 20.4. The molecule has 2 aliphatic heterocycles. The Labute approximate surface area is 168 Å². The summed E-state index contributed by atoms with van der Waals surface area (Å²) in [6.07, 6.45) is 2.70. The van der Waals surface area contributed by atoms with Gasteiger partial charge in [-0.05, 0) is 50.4 Å². The standard InChI is InChI=1S/C19H24N4O4.ClH/c1-22-17-13(23(19(22)26)14-5-6-16(24)21-18(14)25)3-2-4-15(17)27-11-12-7-9-20-10-8-12;/h2-4,12,14,20H,5-11H2,1H3,(H,21,24,25);1H. The van der Waals surface area contributed by atoms with Crippen LogP contribution in [0.4, 0.5) is 0 Å². The van der Waals surface area contributed by atoms with Crippen LogP contribution in [0.5, 0.6) is 5.75 Å². The summed E-state index contributed by atoms with van der Waals surface area (Å²) in [6, 6.07) is 4.83. The predicted octanol–water partition coefficient (Wildman–Crippen LogP) is 1.12. The van der Waals surface area contributed by atoms with Crippen molar-refractivity contribution in [2.75, 3.05) is 19.7 Å². The molecule has 2 fully saturated rings. The highest BCUT2D eigenvalue weighted by Crippen LogP contribution is 2.29. The summed E-state index contributed by atoms with van der Waals surface area (Å²) in [6.45, 7) is 2.61. The fourth-order valence-electron chi connectivity index (χ4n) is 4.00. The van der Waals surface area contributed by atoms with Crippen LogP contribution in [0, 0.1) is 5.92 Å². The molecule has 152 valence electrons. The van der Waals surface area contributed by atoms with Gasteiger partial charge in [-0.3, -0.25) is 24.0 Å². The van der Waals surface area contributed by atoms with Gasteiger partial charge in [0, 0.05) is 13.5 Å². The molecule has 0 aliphatic carbocycles. The first-order valence-electron chi connectivity index (χ1n) is 9.43. The molecule has 2 N–H and O–H groups in total. The molecular weight excluding hydrogens is 384 g/mol. The minimum absolute atomic E-state index is 0. The van der Waals surface area contributed by atoms with Crippen LogP contribution in [0.3, 0.4) is 0 Å². The van der Waals surface area contributed by atoms with Crippen LogP contribution in [0.15, 0.2) is 23.0 Å². The molecule has 2 aromatic rings. The first-order valence-corrected chi connectivity index (χ1v) is 9.43. The van der Waals surface area contributed by atoms with E-state index in [2.05, 4.69) is 10.6 Å². The molecule has 2 amide bonds. The second-order valence-corrected chi connectivity index (χ2v) is 7.31. The van der Waals surface area contributed by atoms with Gasteiger partial charge in [0.1, 0.15) is 17.3 Å². The summed E-state index contributed by atoms with van der Waals surface area (Å²) in [4.78, 5) is 36.6. The number of nitrogens with one attached hydrogen (secondary N) is 2. The average molecular weight is 409 g/mol. The number of aryl methyl sites for hydroxylation is 1. The van der Waals surface area contributed by atoms with E-state index in [1.54, 1.807) is 7.05 Å². The van der Waals surface area contributed by atoms with Crippen LogP contribution in [-0.4, -0.2) is 40.6 Å². The van der Waals surface area contributed by atoms with E-state index in [0.717, 1.165) is 25.9 Å². The van der Waals surface area contributed by atoms with E-state index < -0.39 is 11.9 Å². The molecule has 2 aliphatic rings. The maximum absolute atomic E-state index is 12.9. The normalized spacial score (nSPS) is 20.7. The smallest absolute Gasteiger partial charge is 0.329 e. The number of fused-ring (bicyclic) bond motifs is 1. The lowest BCUT2D eigenvalue weighted by Gasteiger charge is -2.23. The third kappa shape index (κ3) is 3.66. The van der Waals surface area contributed by atoms with Crippen LogP contribution in [0.2, 0.25) is 0 Å². The van der Waals surface area contributed by atoms with Gasteiger partial charge in [-0.25, -0.2) is 4.79 Å². The van der Waals surface area contributed by atoms with Gasteiger partial charge in [-0.1, -0.05) is 6.07 Å². The fourth-order valence-corrected chi connectivity index (χ4v) is 4.00. The molecule has 9 heteroatoms. The number of para-hydroxylation sites is 1. The maximum Gasteiger partial charge on any atom is 0.329 e. The van der Waals surface area contributed by atoms with E-state index in [0.29, 0.717) is 35.7 Å². The van der Waals surface area contributed by atoms with Crippen LogP contribution in [0.25, 0.3) is 11.0 Å². The second kappa shape index (κ2) is 8.36. The van der Waals surface area contributed by atoms with Crippen molar-refractivity contribution in [2.24, 2.45) is 13.0 Å². The van der Waals surface area contributed by atoms with Crippen molar-refractivity contribution < 1.29 is 14.3 Å². The Bertz CT molecular complexity index is 945. The van der Waals surface area contributed by atoms with Gasteiger partial charge in [0.25, 0.3) is 0 Å². The van der Waals surface area contributed by atoms with E-state index in [1.807, 2.05) is 18.2 Å². The molecule has 2 saturated heterocycles. The zero-order valence-electron chi connectivity index (χ0n) is 15.8. The number of ether oxygens (including phenoxy) is 1. The lowest BCUT2D eigenvalue weighted by Crippen LogP contribution is -2.44. The second-order valence-electron chi connectivity index (χ2n) is 7.31. The van der Waals surface area contributed by atoms with E-state index in [9.17, 15) is 14.4 Å². The number of hydrogen-bond donors (Lipinski definition) is 2. The first-order chi connectivity index (χ1) is 13.1. The molecule has 0 bridgehead atoms. The lowest BCUT2D eigenvalue weighted by atomic mass is 9.99. The van der Waals surface area contributed by atoms with Crippen molar-refractivity contribution in [3.63, 3.8) is 0 Å². The molecule has 4 rings (SSSR count). The summed E-state index contributed by atoms with van der Waals surface area (Å²) < 4.78 is 9.09. The zero-order chi connectivity index (χ0) is 19.0. The Morgan fingerprint density at radius 2 is 1.89 bits per heavy atom. The number of rotatable bonds is 4. The average Bonchev–Trinajstić information content (AvgIpc) is 2.93. The number of carbonyl (C=O) groups excluding carboxylic acids is 2. The number of benzene rings is 1. The molecule has 0 spiro atoms. The van der Waals surface area contributed by atoms with Gasteiger partial charge in [-0.15, -0.1) is 12.4 Å². The maximum atomic E-state index is 12.9. The molecule has 1 unspecified atom stereocenters. The van der Waals surface area contributed by atoms with E-state index in [-0.39, 0.29) is 30.4 Å². The van der Waals surface area contributed by atoms with E-state index in [4.69, 9.17) is 4.74 Å². The summed E-state index contributed by atoms with van der Waals surface area (Å²) in [5.41, 5.74) is 1.05. The van der Waals surface area contributed by atoms with Crippen molar-refractivity contribution in [2.45, 2.75) is 31.7 Å². The quantitative estimate of drug-likeness (QED) is 0.739. The number of hydrogen-bond acceptors (Lipinski definition) is 5. The highest BCUT2D eigenvalue weighted by atomic mass is 35.5. The third-order valence-corrected chi connectivity index (χ3v) is 5.52. The topological polar surface area (TPSA) is 94.4 Å². The summed E-state index contributed by atoms with van der Waals surface area (Å²) in [5, 5.41) is 5.67. The van der Waals surface area contributed by atoms with E-state index in [1.165, 1.54) is 9.13 Å². The van der Waals surface area contributed by atoms with Crippen LogP contribution < -0.4 is 21.1 Å². The minimum atomic E-state index is -0.682. The van der Waals surface area contributed by atoms with Gasteiger partial charge in [0.15, 0.2) is 0 Å². The Morgan fingerprint density at radius 1 is 1.14 bits per heavy atom. The van der Waals surface area contributed by atoms with E-state index >= 15 is 0 Å². The van der Waals surface area contributed by atoms with Gasteiger partial charge in [-0.2, -0.15) is 0 Å². The number of piperidine rings is 2. The van der Waals surface area contributed by atoms with Gasteiger partial charge >= 0.3 is 5.69 Å². The number of imidazole rings is 1. The Balaban J connectivity index is 0.00000225. The molecule has 28 heavy (non-hydrogen) atoms. The number of imide groups is 1. The van der Waals surface area contributed by atoms with Crippen molar-refractivity contribution in [3.8, 4) is 5.75 Å². The Kier molecular flexibility index (Phi) is 6.10. The lowest BCUT2D eigenvalue weighted by molar-refractivity contribution is -0.135. The SMILES string of the molecule is Cl.Cn1c(=O)n(C2CCC(=O)NC2=O)c2cccc(OCC3CCNCC3)c21. The van der Waals surface area contributed by atoms with Gasteiger partial charge in [0.2, 0.25) is 11.8 Å². The van der Waals surface area contributed by atoms with Crippen molar-refractivity contribution in [3.05, 3.63) is 28.7 Å². The third-order valence-electron chi connectivity index (χ3n) is 5.52. The molecule has 1 aromatic carbocycles. The number of halogens is 1. The van der Waals surface area contributed by atoms with Crippen LogP contribution >= 0.6 is 12.4 Å². The number of carbonyl (C=O) groups is 2. The van der Waals surface area contributed by atoms with Crippen LogP contribution in [-0.2, 0) is 16.6 Å². The number of amides is 2. The highest BCUT2D eigenvalue weighted by Gasteiger charge is 2.31. The largest absolute Gasteiger partial charge is 0.491 e. The van der Waals surface area contributed by atoms with Gasteiger partial charge < -0.3 is 10.1 Å². The number of aromatic nitrogens is 2. The molecule has 0 radical (unpaired) electrons. The van der Waals surface area contributed by atoms with Crippen molar-refractivity contribution in [1.82, 2.24) is 19.8 Å². The van der Waals surface area contributed by atoms with Crippen LogP contribution in [0.1, 0.15) is 31.7 Å². The number of nitrogens with zero attached hydrogens (tertiary/aromatic N) is 2. The monoisotopic (exact) mass is 408 g/mol. The molecule has 3 heterocycles. The molecule has 8 nitrogen and oxygen atoms in total. The molecule has 1 aromatic heterocycles. The summed E-state index contributed by atoms with van der Waals surface area (Å²) in [5.74, 6) is 0.421. The Morgan fingerprint density at radius 3 is 2.61 bits per heavy atom. The fraction of sp³-hybridized carbons (Fsp3) is 0.526. The molecule has 1 atom stereocenters. The molecule has 0 saturated carbocycles. The highest BCUT2D eigenvalue weighted by molar-refractivity contribution is 6.00. The predicted molar refractivity (Wildman–Crippen MR) is 107 cm³/mol. The molecular formula is C19H25ClN4O4. The van der Waals surface area contributed by atoms with Gasteiger partial charge in [0.05, 0.1) is 12.1 Å².